The molecule has 2 aromatic rings. The Kier molecular flexibility index (Phi) is 9.69. The van der Waals surface area contributed by atoms with E-state index in [0.717, 1.165) is 17.7 Å². The zero-order chi connectivity index (χ0) is 30.0. The maximum Gasteiger partial charge on any atom is 0.229 e. The van der Waals surface area contributed by atoms with Crippen molar-refractivity contribution in [1.82, 2.24) is 0 Å². The molecule has 4 rings (SSSR count). The molecule has 9 N–H and O–H groups in total. The van der Waals surface area contributed by atoms with Crippen LogP contribution < -0.4 is 4.74 Å². The van der Waals surface area contributed by atoms with E-state index >= 15 is 0 Å². The first-order chi connectivity index (χ1) is 19.4. The van der Waals surface area contributed by atoms with Gasteiger partial charge in [0.15, 0.2) is 18.2 Å². The van der Waals surface area contributed by atoms with E-state index in [9.17, 15) is 50.8 Å². The summed E-state index contributed by atoms with van der Waals surface area (Å²) in [4.78, 5) is 12.7. The molecule has 0 saturated carbocycles. The van der Waals surface area contributed by atoms with Crippen molar-refractivity contribution in [3.05, 3.63) is 47.5 Å². The number of carbonyl (C=O) groups excluding carboxylic acids is 1. The maximum atomic E-state index is 12.7. The Bertz CT molecular complexity index is 1170. The van der Waals surface area contributed by atoms with E-state index in [-0.39, 0.29) is 29.9 Å². The van der Waals surface area contributed by atoms with Crippen LogP contribution in [0.1, 0.15) is 29.3 Å². The molecule has 2 heterocycles. The quantitative estimate of drug-likeness (QED) is 0.156. The number of phenols is 3. The average Bonchev–Trinajstić information content (AvgIpc) is 2.93. The summed E-state index contributed by atoms with van der Waals surface area (Å²) in [5, 5.41) is 91.5. The third kappa shape index (κ3) is 6.72. The van der Waals surface area contributed by atoms with Crippen LogP contribution >= 0.6 is 0 Å². The minimum absolute atomic E-state index is 0.0706. The molecule has 14 heteroatoms. The Hall–Kier alpha value is -3.05. The largest absolute Gasteiger partial charge is 0.508 e. The number of rotatable bonds is 9. The van der Waals surface area contributed by atoms with Gasteiger partial charge in [0.25, 0.3) is 0 Å². The van der Waals surface area contributed by atoms with Gasteiger partial charge < -0.3 is 64.9 Å². The second kappa shape index (κ2) is 12.9. The third-order valence-corrected chi connectivity index (χ3v) is 7.10. The number of phenolic OH excluding ortho intramolecular Hbond substituents is 3. The van der Waals surface area contributed by atoms with Gasteiger partial charge in [0, 0.05) is 18.6 Å². The van der Waals surface area contributed by atoms with Gasteiger partial charge in [-0.1, -0.05) is 12.1 Å². The molecule has 0 bridgehead atoms. The summed E-state index contributed by atoms with van der Waals surface area (Å²) >= 11 is 0. The van der Waals surface area contributed by atoms with Crippen molar-refractivity contribution in [3.63, 3.8) is 0 Å². The van der Waals surface area contributed by atoms with Gasteiger partial charge >= 0.3 is 0 Å². The van der Waals surface area contributed by atoms with Crippen LogP contribution in [-0.4, -0.2) is 120 Å². The molecule has 2 aromatic carbocycles. The number of benzene rings is 2. The molecule has 41 heavy (non-hydrogen) atoms. The van der Waals surface area contributed by atoms with Crippen molar-refractivity contribution < 1.29 is 69.7 Å². The number of Topliss-reactive ketones (excluding diaryl/α,β-unsaturated/α-hetero) is 1. The van der Waals surface area contributed by atoms with Crippen molar-refractivity contribution >= 4 is 5.78 Å². The Labute approximate surface area is 234 Å². The van der Waals surface area contributed by atoms with Crippen molar-refractivity contribution in [3.8, 4) is 23.0 Å². The second-order valence-electron chi connectivity index (χ2n) is 10.0. The minimum atomic E-state index is -1.77. The molecule has 2 aliphatic rings. The predicted molar refractivity (Wildman–Crippen MR) is 136 cm³/mol. The van der Waals surface area contributed by atoms with Crippen molar-refractivity contribution in [2.45, 2.75) is 81.2 Å². The molecule has 0 spiro atoms. The average molecular weight is 583 g/mol. The molecule has 0 amide bonds. The normalized spacial score (nSPS) is 33.8. The molecular formula is C27H34O14. The standard InChI is InChI=1S/C27H34O14/c1-11-20(33)22(35)24(37)26(38-11)41-25-23(36)21(34)18(10-28)40-27(25)39-14-8-16(31)19(17(32)9-14)15(30)7-4-12-2-5-13(29)6-3-12/h2-3,5-6,8-9,11,18,20-29,31-37H,4,7,10H2,1H3/t11-,18+,20-,21+,22+,23+,24+,25+,26?,27?/m0/s1. The number of ketones is 1. The molecule has 0 aliphatic carbocycles. The first-order valence-corrected chi connectivity index (χ1v) is 12.9. The monoisotopic (exact) mass is 582 g/mol. The summed E-state index contributed by atoms with van der Waals surface area (Å²) < 4.78 is 22.2. The summed E-state index contributed by atoms with van der Waals surface area (Å²) in [7, 11) is 0. The van der Waals surface area contributed by atoms with Gasteiger partial charge in [-0.05, 0) is 31.0 Å². The number of hydrogen-bond donors (Lipinski definition) is 9. The summed E-state index contributed by atoms with van der Waals surface area (Å²) in [6.07, 6.45) is -15.3. The Balaban J connectivity index is 1.52. The molecule has 2 unspecified atom stereocenters. The third-order valence-electron chi connectivity index (χ3n) is 7.10. The van der Waals surface area contributed by atoms with Gasteiger partial charge in [0.1, 0.15) is 65.2 Å². The topological polar surface area (TPSA) is 236 Å². The number of hydrogen-bond acceptors (Lipinski definition) is 14. The SMILES string of the molecule is C[C@@H]1OC(O[C@H]2C(Oc3cc(O)c(C(=O)CCc4ccc(O)cc4)c(O)c3)O[C@H](CO)[C@@H](O)[C@H]2O)[C@H](O)[C@H](O)[C@H]1O. The summed E-state index contributed by atoms with van der Waals surface area (Å²) in [5.41, 5.74) is 0.385. The molecule has 10 atom stereocenters. The van der Waals surface area contributed by atoms with Crippen LogP contribution in [-0.2, 0) is 20.6 Å². The van der Waals surface area contributed by atoms with E-state index in [2.05, 4.69) is 0 Å². The highest BCUT2D eigenvalue weighted by atomic mass is 16.8. The fourth-order valence-electron chi connectivity index (χ4n) is 4.70. The summed E-state index contributed by atoms with van der Waals surface area (Å²) in [6.45, 7) is 0.675. The molecular weight excluding hydrogens is 548 g/mol. The van der Waals surface area contributed by atoms with E-state index in [1.165, 1.54) is 19.1 Å². The van der Waals surface area contributed by atoms with Gasteiger partial charge in [-0.3, -0.25) is 4.79 Å². The highest BCUT2D eigenvalue weighted by molar-refractivity contribution is 6.01. The lowest BCUT2D eigenvalue weighted by Crippen LogP contribution is -2.64. The van der Waals surface area contributed by atoms with Gasteiger partial charge in [-0.25, -0.2) is 0 Å². The smallest absolute Gasteiger partial charge is 0.229 e. The first kappa shape index (κ1) is 30.9. The lowest BCUT2D eigenvalue weighted by molar-refractivity contribution is -0.354. The van der Waals surface area contributed by atoms with Crippen LogP contribution in [0.15, 0.2) is 36.4 Å². The van der Waals surface area contributed by atoms with Crippen LogP contribution in [0.25, 0.3) is 0 Å². The van der Waals surface area contributed by atoms with E-state index in [1.54, 1.807) is 12.1 Å². The fourth-order valence-corrected chi connectivity index (χ4v) is 4.70. The lowest BCUT2D eigenvalue weighted by Gasteiger charge is -2.45. The van der Waals surface area contributed by atoms with Crippen LogP contribution in [0.4, 0.5) is 0 Å². The Morgan fingerprint density at radius 1 is 0.829 bits per heavy atom. The van der Waals surface area contributed by atoms with Crippen LogP contribution in [0.2, 0.25) is 0 Å². The minimum Gasteiger partial charge on any atom is -0.508 e. The number of carbonyl (C=O) groups is 1. The zero-order valence-electron chi connectivity index (χ0n) is 21.9. The summed E-state index contributed by atoms with van der Waals surface area (Å²) in [5.74, 6) is -2.00. The molecule has 0 aromatic heterocycles. The van der Waals surface area contributed by atoms with Crippen molar-refractivity contribution in [2.75, 3.05) is 6.61 Å². The predicted octanol–water partition coefficient (Wildman–Crippen LogP) is -1.35. The van der Waals surface area contributed by atoms with Crippen molar-refractivity contribution in [1.29, 1.82) is 0 Å². The molecule has 226 valence electrons. The Morgan fingerprint density at radius 3 is 2.07 bits per heavy atom. The van der Waals surface area contributed by atoms with E-state index in [0.29, 0.717) is 0 Å². The summed E-state index contributed by atoms with van der Waals surface area (Å²) in [6, 6.07) is 8.22. The molecule has 2 saturated heterocycles. The highest BCUT2D eigenvalue weighted by Crippen LogP contribution is 2.36. The van der Waals surface area contributed by atoms with Crippen LogP contribution in [0.3, 0.4) is 0 Å². The van der Waals surface area contributed by atoms with Gasteiger partial charge in [-0.15, -0.1) is 0 Å². The highest BCUT2D eigenvalue weighted by Gasteiger charge is 2.51. The lowest BCUT2D eigenvalue weighted by atomic mass is 9.97. The molecule has 2 aliphatic heterocycles. The second-order valence-corrected chi connectivity index (χ2v) is 10.0. The van der Waals surface area contributed by atoms with E-state index < -0.39 is 85.3 Å². The molecule has 14 nitrogen and oxygen atoms in total. The maximum absolute atomic E-state index is 12.7. The molecule has 2 fully saturated rings. The van der Waals surface area contributed by atoms with Gasteiger partial charge in [0.05, 0.1) is 12.7 Å². The Morgan fingerprint density at radius 2 is 1.46 bits per heavy atom. The van der Waals surface area contributed by atoms with E-state index in [1.807, 2.05) is 0 Å². The van der Waals surface area contributed by atoms with Gasteiger partial charge in [-0.2, -0.15) is 0 Å². The zero-order valence-corrected chi connectivity index (χ0v) is 21.9. The number of aliphatic hydroxyl groups excluding tert-OH is 6. The van der Waals surface area contributed by atoms with Crippen LogP contribution in [0, 0.1) is 0 Å². The van der Waals surface area contributed by atoms with Gasteiger partial charge in [0.2, 0.25) is 6.29 Å². The number of ether oxygens (including phenoxy) is 4. The van der Waals surface area contributed by atoms with E-state index in [4.69, 9.17) is 18.9 Å². The van der Waals surface area contributed by atoms with Crippen molar-refractivity contribution in [2.24, 2.45) is 0 Å². The number of aryl methyl sites for hydroxylation is 1. The fraction of sp³-hybridized carbons (Fsp3) is 0.519. The molecule has 0 radical (unpaired) electrons. The number of aliphatic hydroxyl groups is 6. The van der Waals surface area contributed by atoms with Crippen LogP contribution in [0.5, 0.6) is 23.0 Å². The first-order valence-electron chi connectivity index (χ1n) is 12.9. The number of aromatic hydroxyl groups is 3.